The Morgan fingerprint density at radius 2 is 2.06 bits per heavy atom. The number of halogens is 1. The lowest BCUT2D eigenvalue weighted by molar-refractivity contribution is -0.121. The maximum atomic E-state index is 12.7. The average Bonchev–Trinajstić information content (AvgIpc) is 2.32. The molecule has 0 spiro atoms. The van der Waals surface area contributed by atoms with Crippen LogP contribution in [0.2, 0.25) is 0 Å². The van der Waals surface area contributed by atoms with Gasteiger partial charge in [0.15, 0.2) is 0 Å². The molecule has 1 heterocycles. The fourth-order valence-electron chi connectivity index (χ4n) is 2.17. The highest BCUT2D eigenvalue weighted by Crippen LogP contribution is 2.17. The molecule has 0 saturated carbocycles. The van der Waals surface area contributed by atoms with Crippen LogP contribution in [0.1, 0.15) is 19.3 Å². The molecule has 1 aromatic rings. The summed E-state index contributed by atoms with van der Waals surface area (Å²) in [5, 5.41) is 2.82. The number of amides is 1. The molecule has 0 radical (unpaired) electrons. The zero-order chi connectivity index (χ0) is 12.3. The Kier molecular flexibility index (Phi) is 3.74. The molecule has 1 unspecified atom stereocenters. The molecule has 17 heavy (non-hydrogen) atoms. The molecule has 0 aliphatic carbocycles. The SMILES string of the molecule is CN1CCCCC1C(=O)Nc1ccc(F)cc1. The van der Waals surface area contributed by atoms with Gasteiger partial charge in [0.25, 0.3) is 0 Å². The minimum Gasteiger partial charge on any atom is -0.325 e. The minimum absolute atomic E-state index is 0.00110. The van der Waals surface area contributed by atoms with Gasteiger partial charge in [0.05, 0.1) is 6.04 Å². The fraction of sp³-hybridized carbons (Fsp3) is 0.462. The molecule has 1 aliphatic heterocycles. The summed E-state index contributed by atoms with van der Waals surface area (Å²) in [6.07, 6.45) is 3.13. The summed E-state index contributed by atoms with van der Waals surface area (Å²) in [6.45, 7) is 0.960. The van der Waals surface area contributed by atoms with E-state index in [0.29, 0.717) is 5.69 Å². The first kappa shape index (κ1) is 12.0. The molecule has 3 nitrogen and oxygen atoms in total. The number of carbonyl (C=O) groups is 1. The second kappa shape index (κ2) is 5.27. The summed E-state index contributed by atoms with van der Waals surface area (Å²) < 4.78 is 12.7. The molecule has 2 rings (SSSR count). The predicted molar refractivity (Wildman–Crippen MR) is 65.3 cm³/mol. The Morgan fingerprint density at radius 1 is 1.35 bits per heavy atom. The second-order valence-corrected chi connectivity index (χ2v) is 4.49. The number of nitrogens with zero attached hydrogens (tertiary/aromatic N) is 1. The maximum absolute atomic E-state index is 12.7. The van der Waals surface area contributed by atoms with Gasteiger partial charge in [-0.1, -0.05) is 6.42 Å². The van der Waals surface area contributed by atoms with Crippen LogP contribution in [0.5, 0.6) is 0 Å². The van der Waals surface area contributed by atoms with E-state index in [1.54, 1.807) is 12.1 Å². The van der Waals surface area contributed by atoms with Crippen LogP contribution in [0, 0.1) is 5.82 Å². The third-order valence-electron chi connectivity index (χ3n) is 3.18. The summed E-state index contributed by atoms with van der Waals surface area (Å²) in [6, 6.07) is 5.79. The van der Waals surface area contributed by atoms with Crippen LogP contribution in [0.4, 0.5) is 10.1 Å². The Labute approximate surface area is 101 Å². The largest absolute Gasteiger partial charge is 0.325 e. The molecule has 1 aromatic carbocycles. The molecule has 1 aliphatic rings. The first-order valence-electron chi connectivity index (χ1n) is 5.93. The van der Waals surface area contributed by atoms with Gasteiger partial charge in [0.2, 0.25) is 5.91 Å². The molecule has 1 N–H and O–H groups in total. The van der Waals surface area contributed by atoms with E-state index < -0.39 is 0 Å². The van der Waals surface area contributed by atoms with Crippen LogP contribution < -0.4 is 5.32 Å². The quantitative estimate of drug-likeness (QED) is 0.854. The number of hydrogen-bond acceptors (Lipinski definition) is 2. The van der Waals surface area contributed by atoms with Crippen molar-refractivity contribution in [2.45, 2.75) is 25.3 Å². The van der Waals surface area contributed by atoms with Gasteiger partial charge in [0.1, 0.15) is 5.82 Å². The first-order chi connectivity index (χ1) is 8.16. The highest BCUT2D eigenvalue weighted by atomic mass is 19.1. The molecule has 0 bridgehead atoms. The van der Waals surface area contributed by atoms with Crippen molar-refractivity contribution in [3.8, 4) is 0 Å². The summed E-state index contributed by atoms with van der Waals surface area (Å²) in [5.74, 6) is -0.295. The van der Waals surface area contributed by atoms with Gasteiger partial charge in [0, 0.05) is 5.69 Å². The van der Waals surface area contributed by atoms with E-state index in [1.807, 2.05) is 7.05 Å². The Morgan fingerprint density at radius 3 is 2.71 bits per heavy atom. The van der Waals surface area contributed by atoms with Crippen LogP contribution in [0.15, 0.2) is 24.3 Å². The van der Waals surface area contributed by atoms with Gasteiger partial charge < -0.3 is 5.32 Å². The minimum atomic E-state index is -0.294. The summed E-state index contributed by atoms with van der Waals surface area (Å²) in [7, 11) is 1.97. The Balaban J connectivity index is 1.98. The molecule has 1 fully saturated rings. The summed E-state index contributed by atoms with van der Waals surface area (Å²) in [5.41, 5.74) is 0.648. The number of rotatable bonds is 2. The van der Waals surface area contributed by atoms with Gasteiger partial charge in [-0.3, -0.25) is 9.69 Å². The number of hydrogen-bond donors (Lipinski definition) is 1. The number of carbonyl (C=O) groups excluding carboxylic acids is 1. The van der Waals surface area contributed by atoms with Crippen LogP contribution in [-0.2, 0) is 4.79 Å². The zero-order valence-electron chi connectivity index (χ0n) is 9.95. The zero-order valence-corrected chi connectivity index (χ0v) is 9.95. The first-order valence-corrected chi connectivity index (χ1v) is 5.93. The normalized spacial score (nSPS) is 21.2. The summed E-state index contributed by atoms with van der Waals surface area (Å²) in [4.78, 5) is 14.1. The van der Waals surface area contributed by atoms with Crippen LogP contribution in [0.3, 0.4) is 0 Å². The number of anilines is 1. The van der Waals surface area contributed by atoms with Gasteiger partial charge in [-0.05, 0) is 50.7 Å². The van der Waals surface area contributed by atoms with Crippen molar-refractivity contribution in [3.63, 3.8) is 0 Å². The van der Waals surface area contributed by atoms with Crippen molar-refractivity contribution >= 4 is 11.6 Å². The number of piperidine rings is 1. The standard InChI is InChI=1S/C13H17FN2O/c1-16-9-3-2-4-12(16)13(17)15-11-7-5-10(14)6-8-11/h5-8,12H,2-4,9H2,1H3,(H,15,17). The molecular formula is C13H17FN2O. The van der Waals surface area contributed by atoms with E-state index in [4.69, 9.17) is 0 Å². The molecule has 92 valence electrons. The number of likely N-dealkylation sites (tertiary alicyclic amines) is 1. The maximum Gasteiger partial charge on any atom is 0.241 e. The van der Waals surface area contributed by atoms with E-state index in [-0.39, 0.29) is 17.8 Å². The summed E-state index contributed by atoms with van der Waals surface area (Å²) >= 11 is 0. The van der Waals surface area contributed by atoms with E-state index in [9.17, 15) is 9.18 Å². The fourth-order valence-corrected chi connectivity index (χ4v) is 2.17. The molecule has 0 aromatic heterocycles. The van der Waals surface area contributed by atoms with Crippen molar-refractivity contribution in [2.75, 3.05) is 18.9 Å². The van der Waals surface area contributed by atoms with Crippen molar-refractivity contribution in [1.29, 1.82) is 0 Å². The smallest absolute Gasteiger partial charge is 0.241 e. The predicted octanol–water partition coefficient (Wildman–Crippen LogP) is 2.25. The highest BCUT2D eigenvalue weighted by molar-refractivity contribution is 5.94. The van der Waals surface area contributed by atoms with Crippen LogP contribution in [0.25, 0.3) is 0 Å². The monoisotopic (exact) mass is 236 g/mol. The lowest BCUT2D eigenvalue weighted by atomic mass is 10.0. The average molecular weight is 236 g/mol. The molecule has 1 atom stereocenters. The van der Waals surface area contributed by atoms with E-state index in [0.717, 1.165) is 25.8 Å². The van der Waals surface area contributed by atoms with Crippen LogP contribution >= 0.6 is 0 Å². The lowest BCUT2D eigenvalue weighted by Crippen LogP contribution is -2.44. The number of nitrogens with one attached hydrogen (secondary N) is 1. The molecular weight excluding hydrogens is 219 g/mol. The Bertz CT molecular complexity index is 391. The van der Waals surface area contributed by atoms with E-state index in [2.05, 4.69) is 10.2 Å². The van der Waals surface area contributed by atoms with E-state index in [1.165, 1.54) is 12.1 Å². The third-order valence-corrected chi connectivity index (χ3v) is 3.18. The van der Waals surface area contributed by atoms with Gasteiger partial charge >= 0.3 is 0 Å². The Hall–Kier alpha value is -1.42. The van der Waals surface area contributed by atoms with Gasteiger partial charge in [-0.15, -0.1) is 0 Å². The van der Waals surface area contributed by atoms with Crippen molar-refractivity contribution in [3.05, 3.63) is 30.1 Å². The number of benzene rings is 1. The number of likely N-dealkylation sites (N-methyl/N-ethyl adjacent to an activating group) is 1. The van der Waals surface area contributed by atoms with E-state index >= 15 is 0 Å². The van der Waals surface area contributed by atoms with Gasteiger partial charge in [-0.2, -0.15) is 0 Å². The molecule has 1 saturated heterocycles. The topological polar surface area (TPSA) is 32.3 Å². The third kappa shape index (κ3) is 3.03. The van der Waals surface area contributed by atoms with Crippen molar-refractivity contribution < 1.29 is 9.18 Å². The van der Waals surface area contributed by atoms with Crippen LogP contribution in [-0.4, -0.2) is 30.4 Å². The molecule has 1 amide bonds. The van der Waals surface area contributed by atoms with Crippen molar-refractivity contribution in [1.82, 2.24) is 4.90 Å². The lowest BCUT2D eigenvalue weighted by Gasteiger charge is -2.31. The van der Waals surface area contributed by atoms with Crippen molar-refractivity contribution in [2.24, 2.45) is 0 Å². The second-order valence-electron chi connectivity index (χ2n) is 4.49. The highest BCUT2D eigenvalue weighted by Gasteiger charge is 2.25. The van der Waals surface area contributed by atoms with Gasteiger partial charge in [-0.25, -0.2) is 4.39 Å². The molecule has 4 heteroatoms.